The van der Waals surface area contributed by atoms with Gasteiger partial charge in [-0.1, -0.05) is 11.6 Å². The zero-order valence-corrected chi connectivity index (χ0v) is 14.4. The minimum absolute atomic E-state index is 0.554. The quantitative estimate of drug-likeness (QED) is 0.678. The Hall–Kier alpha value is -1.62. The summed E-state index contributed by atoms with van der Waals surface area (Å²) in [5, 5.41) is 4.00. The summed E-state index contributed by atoms with van der Waals surface area (Å²) < 4.78 is 11.2. The molecule has 0 aliphatic carbocycles. The smallest absolute Gasteiger partial charge is 0.193 e. The fourth-order valence-electron chi connectivity index (χ4n) is 2.95. The second kappa shape index (κ2) is 7.77. The summed E-state index contributed by atoms with van der Waals surface area (Å²) in [5.74, 6) is 2.43. The monoisotopic (exact) mass is 337 g/mol. The van der Waals surface area contributed by atoms with E-state index in [1.807, 2.05) is 12.1 Å². The van der Waals surface area contributed by atoms with Gasteiger partial charge in [-0.15, -0.1) is 0 Å². The molecular weight excluding hydrogens is 314 g/mol. The first-order chi connectivity index (χ1) is 11.3. The normalized spacial score (nSPS) is 17.5. The molecule has 1 fully saturated rings. The van der Waals surface area contributed by atoms with Crippen molar-refractivity contribution in [1.82, 2.24) is 10.2 Å². The van der Waals surface area contributed by atoms with Gasteiger partial charge in [-0.3, -0.25) is 4.99 Å². The van der Waals surface area contributed by atoms with Gasteiger partial charge in [-0.25, -0.2) is 0 Å². The van der Waals surface area contributed by atoms with Crippen molar-refractivity contribution in [3.63, 3.8) is 0 Å². The molecule has 126 valence electrons. The molecular formula is C17H24ClN3O2. The topological polar surface area (TPSA) is 46.1 Å². The highest BCUT2D eigenvalue weighted by Gasteiger charge is 2.17. The molecule has 0 aromatic heterocycles. The zero-order valence-electron chi connectivity index (χ0n) is 13.6. The number of ether oxygens (including phenoxy) is 2. The number of likely N-dealkylation sites (tertiary alicyclic amines) is 1. The van der Waals surface area contributed by atoms with Crippen LogP contribution < -0.4 is 14.8 Å². The van der Waals surface area contributed by atoms with Crippen LogP contribution in [-0.2, 0) is 6.42 Å². The number of benzene rings is 1. The van der Waals surface area contributed by atoms with Gasteiger partial charge >= 0.3 is 0 Å². The second-order valence-corrected chi connectivity index (χ2v) is 6.19. The fourth-order valence-corrected chi connectivity index (χ4v) is 3.24. The number of hydrogen-bond donors (Lipinski definition) is 1. The molecule has 3 rings (SSSR count). The molecule has 23 heavy (non-hydrogen) atoms. The standard InChI is InChI=1S/C17H24ClN3O2/c1-2-19-17(21-7-3-4-8-21)20-6-5-13-11-14(18)16-15(12-13)22-9-10-23-16/h11-12H,2-10H2,1H3,(H,19,20). The van der Waals surface area contributed by atoms with Crippen molar-refractivity contribution >= 4 is 17.6 Å². The number of hydrogen-bond acceptors (Lipinski definition) is 3. The average Bonchev–Trinajstić information content (AvgIpc) is 3.08. The van der Waals surface area contributed by atoms with E-state index in [-0.39, 0.29) is 0 Å². The minimum Gasteiger partial charge on any atom is -0.486 e. The van der Waals surface area contributed by atoms with Gasteiger partial charge in [0.2, 0.25) is 0 Å². The molecule has 0 amide bonds. The molecule has 5 nitrogen and oxygen atoms in total. The summed E-state index contributed by atoms with van der Waals surface area (Å²) in [5.41, 5.74) is 1.13. The second-order valence-electron chi connectivity index (χ2n) is 5.78. The van der Waals surface area contributed by atoms with Gasteiger partial charge in [0.05, 0.1) is 5.02 Å². The van der Waals surface area contributed by atoms with E-state index in [2.05, 4.69) is 17.1 Å². The van der Waals surface area contributed by atoms with Gasteiger partial charge in [0.1, 0.15) is 13.2 Å². The lowest BCUT2D eigenvalue weighted by Crippen LogP contribution is -2.39. The molecule has 0 unspecified atom stereocenters. The van der Waals surface area contributed by atoms with Crippen LogP contribution in [0, 0.1) is 0 Å². The van der Waals surface area contributed by atoms with E-state index < -0.39 is 0 Å². The molecule has 1 aromatic rings. The Morgan fingerprint density at radius 2 is 2.04 bits per heavy atom. The summed E-state index contributed by atoms with van der Waals surface area (Å²) in [6.07, 6.45) is 3.34. The van der Waals surface area contributed by atoms with E-state index in [4.69, 9.17) is 26.1 Å². The summed E-state index contributed by atoms with van der Waals surface area (Å²) in [7, 11) is 0. The Bertz CT molecular complexity index is 571. The third-order valence-electron chi connectivity index (χ3n) is 4.06. The van der Waals surface area contributed by atoms with Crippen molar-refractivity contribution in [1.29, 1.82) is 0 Å². The van der Waals surface area contributed by atoms with Crippen LogP contribution in [0.2, 0.25) is 5.02 Å². The van der Waals surface area contributed by atoms with Crippen LogP contribution in [0.25, 0.3) is 0 Å². The molecule has 0 atom stereocenters. The molecule has 0 spiro atoms. The van der Waals surface area contributed by atoms with Gasteiger partial charge in [0.15, 0.2) is 17.5 Å². The molecule has 1 saturated heterocycles. The van der Waals surface area contributed by atoms with Gasteiger partial charge < -0.3 is 19.7 Å². The van der Waals surface area contributed by atoms with Crippen LogP contribution in [0.4, 0.5) is 0 Å². The first-order valence-electron chi connectivity index (χ1n) is 8.39. The lowest BCUT2D eigenvalue weighted by atomic mass is 10.1. The van der Waals surface area contributed by atoms with E-state index >= 15 is 0 Å². The van der Waals surface area contributed by atoms with Crippen molar-refractivity contribution in [2.45, 2.75) is 26.2 Å². The third kappa shape index (κ3) is 4.02. The lowest BCUT2D eigenvalue weighted by molar-refractivity contribution is 0.171. The number of nitrogens with zero attached hydrogens (tertiary/aromatic N) is 2. The van der Waals surface area contributed by atoms with Crippen LogP contribution in [-0.4, -0.2) is 50.3 Å². The number of rotatable bonds is 4. The maximum absolute atomic E-state index is 6.28. The Morgan fingerprint density at radius 1 is 1.26 bits per heavy atom. The highest BCUT2D eigenvalue weighted by molar-refractivity contribution is 6.32. The van der Waals surface area contributed by atoms with E-state index in [1.165, 1.54) is 12.8 Å². The number of aliphatic imine (C=N–C) groups is 1. The van der Waals surface area contributed by atoms with Crippen LogP contribution >= 0.6 is 11.6 Å². The lowest BCUT2D eigenvalue weighted by Gasteiger charge is -2.21. The highest BCUT2D eigenvalue weighted by atomic mass is 35.5. The summed E-state index contributed by atoms with van der Waals surface area (Å²) in [6.45, 7) is 7.05. The fraction of sp³-hybridized carbons (Fsp3) is 0.588. The Kier molecular flexibility index (Phi) is 5.49. The van der Waals surface area contributed by atoms with Gasteiger partial charge in [-0.2, -0.15) is 0 Å². The largest absolute Gasteiger partial charge is 0.486 e. The summed E-state index contributed by atoms with van der Waals surface area (Å²) >= 11 is 6.28. The average molecular weight is 338 g/mol. The third-order valence-corrected chi connectivity index (χ3v) is 4.34. The Balaban J connectivity index is 1.64. The first-order valence-corrected chi connectivity index (χ1v) is 8.77. The SMILES string of the molecule is CCNC(=NCCc1cc(Cl)c2c(c1)OCCO2)N1CCCC1. The molecule has 2 aliphatic heterocycles. The molecule has 1 aromatic carbocycles. The molecule has 2 aliphatic rings. The number of nitrogens with one attached hydrogen (secondary N) is 1. The van der Waals surface area contributed by atoms with Crippen LogP contribution in [0.15, 0.2) is 17.1 Å². The maximum atomic E-state index is 6.28. The number of halogens is 1. The summed E-state index contributed by atoms with van der Waals surface area (Å²) in [6, 6.07) is 3.96. The predicted octanol–water partition coefficient (Wildman–Crippen LogP) is 2.72. The van der Waals surface area contributed by atoms with E-state index in [9.17, 15) is 0 Å². The molecule has 0 saturated carbocycles. The van der Waals surface area contributed by atoms with Gasteiger partial charge in [0.25, 0.3) is 0 Å². The molecule has 0 radical (unpaired) electrons. The Morgan fingerprint density at radius 3 is 2.83 bits per heavy atom. The molecule has 1 N–H and O–H groups in total. The van der Waals surface area contributed by atoms with Crippen molar-refractivity contribution < 1.29 is 9.47 Å². The zero-order chi connectivity index (χ0) is 16.1. The molecule has 6 heteroatoms. The van der Waals surface area contributed by atoms with Crippen LogP contribution in [0.5, 0.6) is 11.5 Å². The van der Waals surface area contributed by atoms with Gasteiger partial charge in [0, 0.05) is 26.2 Å². The number of guanidine groups is 1. The van der Waals surface area contributed by atoms with Crippen molar-refractivity contribution in [3.05, 3.63) is 22.7 Å². The minimum atomic E-state index is 0.554. The molecule has 2 heterocycles. The van der Waals surface area contributed by atoms with Crippen LogP contribution in [0.3, 0.4) is 0 Å². The summed E-state index contributed by atoms with van der Waals surface area (Å²) in [4.78, 5) is 7.08. The van der Waals surface area contributed by atoms with Crippen molar-refractivity contribution in [3.8, 4) is 11.5 Å². The maximum Gasteiger partial charge on any atom is 0.193 e. The predicted molar refractivity (Wildman–Crippen MR) is 92.9 cm³/mol. The van der Waals surface area contributed by atoms with E-state index in [0.29, 0.717) is 24.0 Å². The van der Waals surface area contributed by atoms with Gasteiger partial charge in [-0.05, 0) is 43.9 Å². The number of fused-ring (bicyclic) bond motifs is 1. The molecule has 0 bridgehead atoms. The Labute approximate surface area is 142 Å². The van der Waals surface area contributed by atoms with E-state index in [1.54, 1.807) is 0 Å². The van der Waals surface area contributed by atoms with Crippen molar-refractivity contribution in [2.75, 3.05) is 39.4 Å². The highest BCUT2D eigenvalue weighted by Crippen LogP contribution is 2.38. The van der Waals surface area contributed by atoms with E-state index in [0.717, 1.165) is 49.9 Å². The van der Waals surface area contributed by atoms with Crippen LogP contribution in [0.1, 0.15) is 25.3 Å². The first kappa shape index (κ1) is 16.2. The van der Waals surface area contributed by atoms with Crippen molar-refractivity contribution in [2.24, 2.45) is 4.99 Å².